The van der Waals surface area contributed by atoms with Gasteiger partial charge in [0.2, 0.25) is 0 Å². The van der Waals surface area contributed by atoms with Crippen molar-refractivity contribution in [2.24, 2.45) is 0 Å². The molecule has 10 heteroatoms. The van der Waals surface area contributed by atoms with E-state index in [9.17, 15) is 8.42 Å². The number of nitrogens with zero attached hydrogens (tertiary/aromatic N) is 3. The molecule has 0 fully saturated rings. The number of aryl methyl sites for hydroxylation is 2. The van der Waals surface area contributed by atoms with Gasteiger partial charge in [0, 0.05) is 6.54 Å². The summed E-state index contributed by atoms with van der Waals surface area (Å²) < 4.78 is 37.3. The molecule has 0 atom stereocenters. The number of anilines is 2. The molecule has 0 amide bonds. The summed E-state index contributed by atoms with van der Waals surface area (Å²) in [4.78, 5) is 0.00556. The third-order valence-corrected chi connectivity index (χ3v) is 5.37. The zero-order chi connectivity index (χ0) is 19.4. The van der Waals surface area contributed by atoms with Crippen LogP contribution in [0.5, 0.6) is 5.75 Å². The van der Waals surface area contributed by atoms with E-state index in [0.717, 1.165) is 11.3 Å². The van der Waals surface area contributed by atoms with Crippen molar-refractivity contribution in [2.45, 2.75) is 25.3 Å². The van der Waals surface area contributed by atoms with Gasteiger partial charge >= 0.3 is 0 Å². The SMILES string of the molecule is COc1ccc(CNc2ccc(NS(=O)(=O)c3c(C)noc3C)nn2)cc1. The minimum atomic E-state index is -3.85. The number of hydrogen-bond acceptors (Lipinski definition) is 8. The average molecular weight is 389 g/mol. The van der Waals surface area contributed by atoms with Crippen molar-refractivity contribution in [2.75, 3.05) is 17.1 Å². The van der Waals surface area contributed by atoms with Gasteiger partial charge < -0.3 is 14.6 Å². The number of methoxy groups -OCH3 is 1. The Bertz CT molecular complexity index is 995. The highest BCUT2D eigenvalue weighted by Gasteiger charge is 2.24. The predicted molar refractivity (Wildman–Crippen MR) is 99.1 cm³/mol. The van der Waals surface area contributed by atoms with Crippen molar-refractivity contribution in [3.8, 4) is 5.75 Å². The van der Waals surface area contributed by atoms with Gasteiger partial charge in [0.05, 0.1) is 7.11 Å². The molecule has 0 aliphatic heterocycles. The maximum Gasteiger partial charge on any atom is 0.268 e. The van der Waals surface area contributed by atoms with E-state index in [1.165, 1.54) is 13.0 Å². The molecule has 142 valence electrons. The van der Waals surface area contributed by atoms with Crippen LogP contribution in [0, 0.1) is 13.8 Å². The van der Waals surface area contributed by atoms with Crippen LogP contribution in [0.15, 0.2) is 45.8 Å². The molecular weight excluding hydrogens is 370 g/mol. The quantitative estimate of drug-likeness (QED) is 0.632. The van der Waals surface area contributed by atoms with Crippen LogP contribution in [0.1, 0.15) is 17.0 Å². The molecular formula is C17H19N5O4S. The first-order valence-electron chi connectivity index (χ1n) is 8.05. The highest BCUT2D eigenvalue weighted by Crippen LogP contribution is 2.21. The lowest BCUT2D eigenvalue weighted by atomic mass is 10.2. The highest BCUT2D eigenvalue weighted by atomic mass is 32.2. The maximum atomic E-state index is 12.4. The minimum absolute atomic E-state index is 0.00556. The fourth-order valence-corrected chi connectivity index (χ4v) is 3.79. The zero-order valence-electron chi connectivity index (χ0n) is 15.1. The Morgan fingerprint density at radius 3 is 2.26 bits per heavy atom. The molecule has 27 heavy (non-hydrogen) atoms. The number of aromatic nitrogens is 3. The second kappa shape index (κ2) is 7.62. The molecule has 0 radical (unpaired) electrons. The fourth-order valence-electron chi connectivity index (χ4n) is 2.46. The molecule has 9 nitrogen and oxygen atoms in total. The zero-order valence-corrected chi connectivity index (χ0v) is 15.9. The summed E-state index contributed by atoms with van der Waals surface area (Å²) in [5.74, 6) is 1.62. The molecule has 2 aromatic heterocycles. The first-order valence-corrected chi connectivity index (χ1v) is 9.53. The second-order valence-electron chi connectivity index (χ2n) is 5.76. The van der Waals surface area contributed by atoms with Gasteiger partial charge in [-0.1, -0.05) is 17.3 Å². The summed E-state index contributed by atoms with van der Waals surface area (Å²) in [5, 5.41) is 14.7. The highest BCUT2D eigenvalue weighted by molar-refractivity contribution is 7.92. The Hall–Kier alpha value is -3.14. The summed E-state index contributed by atoms with van der Waals surface area (Å²) in [6.45, 7) is 3.64. The molecule has 0 unspecified atom stereocenters. The average Bonchev–Trinajstić information content (AvgIpc) is 3.00. The van der Waals surface area contributed by atoms with Gasteiger partial charge in [0.15, 0.2) is 16.5 Å². The first-order chi connectivity index (χ1) is 12.9. The summed E-state index contributed by atoms with van der Waals surface area (Å²) in [5.41, 5.74) is 1.33. The number of rotatable bonds is 7. The van der Waals surface area contributed by atoms with Crippen LogP contribution in [0.3, 0.4) is 0 Å². The molecule has 0 aliphatic carbocycles. The first kappa shape index (κ1) is 18.6. The van der Waals surface area contributed by atoms with E-state index in [-0.39, 0.29) is 22.2 Å². The van der Waals surface area contributed by atoms with E-state index >= 15 is 0 Å². The van der Waals surface area contributed by atoms with E-state index in [1.54, 1.807) is 20.1 Å². The van der Waals surface area contributed by atoms with Gasteiger partial charge in [0.1, 0.15) is 17.3 Å². The Balaban J connectivity index is 1.64. The van der Waals surface area contributed by atoms with E-state index in [2.05, 4.69) is 25.4 Å². The standard InChI is InChI=1S/C17H19N5O4S/c1-11-17(12(2)26-21-11)27(23,24)22-16-9-8-15(19-20-16)18-10-13-4-6-14(25-3)7-5-13/h4-9H,10H2,1-3H3,(H,18,19)(H,20,22). The van der Waals surface area contributed by atoms with Gasteiger partial charge in [-0.3, -0.25) is 4.72 Å². The van der Waals surface area contributed by atoms with Crippen LogP contribution in [-0.4, -0.2) is 30.9 Å². The van der Waals surface area contributed by atoms with Crippen LogP contribution < -0.4 is 14.8 Å². The van der Waals surface area contributed by atoms with Gasteiger partial charge in [-0.15, -0.1) is 10.2 Å². The van der Waals surface area contributed by atoms with Crippen molar-refractivity contribution in [3.63, 3.8) is 0 Å². The third kappa shape index (κ3) is 4.34. The van der Waals surface area contributed by atoms with E-state index < -0.39 is 10.0 Å². The lowest BCUT2D eigenvalue weighted by Crippen LogP contribution is -2.16. The molecule has 3 aromatic rings. The van der Waals surface area contributed by atoms with Crippen molar-refractivity contribution in [1.29, 1.82) is 0 Å². The van der Waals surface area contributed by atoms with Crippen LogP contribution in [0.4, 0.5) is 11.6 Å². The number of ether oxygens (including phenoxy) is 1. The molecule has 0 bridgehead atoms. The Morgan fingerprint density at radius 1 is 1.04 bits per heavy atom. The van der Waals surface area contributed by atoms with Crippen molar-refractivity contribution >= 4 is 21.7 Å². The van der Waals surface area contributed by atoms with Gasteiger partial charge in [-0.25, -0.2) is 8.42 Å². The Kier molecular flexibility index (Phi) is 5.26. The van der Waals surface area contributed by atoms with Crippen LogP contribution in [0.25, 0.3) is 0 Å². The molecule has 3 rings (SSSR count). The third-order valence-electron chi connectivity index (χ3n) is 3.77. The lowest BCUT2D eigenvalue weighted by Gasteiger charge is -2.08. The second-order valence-corrected chi connectivity index (χ2v) is 7.38. The molecule has 0 aliphatic rings. The Morgan fingerprint density at radius 2 is 1.70 bits per heavy atom. The van der Waals surface area contributed by atoms with E-state index in [0.29, 0.717) is 12.4 Å². The number of sulfonamides is 1. The molecule has 2 heterocycles. The monoisotopic (exact) mass is 389 g/mol. The van der Waals surface area contributed by atoms with Gasteiger partial charge in [-0.05, 0) is 43.7 Å². The van der Waals surface area contributed by atoms with E-state index in [4.69, 9.17) is 9.26 Å². The van der Waals surface area contributed by atoms with Crippen molar-refractivity contribution in [1.82, 2.24) is 15.4 Å². The number of hydrogen-bond donors (Lipinski definition) is 2. The molecule has 0 saturated carbocycles. The van der Waals surface area contributed by atoms with Crippen molar-refractivity contribution < 1.29 is 17.7 Å². The predicted octanol–water partition coefficient (Wildman–Crippen LogP) is 2.50. The summed E-state index contributed by atoms with van der Waals surface area (Å²) in [6.07, 6.45) is 0. The molecule has 1 aromatic carbocycles. The van der Waals surface area contributed by atoms with E-state index in [1.807, 2.05) is 24.3 Å². The number of nitrogens with one attached hydrogen (secondary N) is 2. The summed E-state index contributed by atoms with van der Waals surface area (Å²) in [6, 6.07) is 10.8. The Labute approximate surface area is 156 Å². The smallest absolute Gasteiger partial charge is 0.268 e. The largest absolute Gasteiger partial charge is 0.497 e. The van der Waals surface area contributed by atoms with Crippen molar-refractivity contribution in [3.05, 3.63) is 53.4 Å². The van der Waals surface area contributed by atoms with Gasteiger partial charge in [-0.2, -0.15) is 0 Å². The fraction of sp³-hybridized carbons (Fsp3) is 0.235. The normalized spacial score (nSPS) is 11.2. The molecule has 0 saturated heterocycles. The number of benzene rings is 1. The van der Waals surface area contributed by atoms with Gasteiger partial charge in [0.25, 0.3) is 10.0 Å². The van der Waals surface area contributed by atoms with Crippen LogP contribution in [-0.2, 0) is 16.6 Å². The van der Waals surface area contributed by atoms with Crippen LogP contribution in [0.2, 0.25) is 0 Å². The molecule has 0 spiro atoms. The summed E-state index contributed by atoms with van der Waals surface area (Å²) >= 11 is 0. The minimum Gasteiger partial charge on any atom is -0.497 e. The topological polar surface area (TPSA) is 119 Å². The molecule has 2 N–H and O–H groups in total. The summed E-state index contributed by atoms with van der Waals surface area (Å²) in [7, 11) is -2.23. The maximum absolute atomic E-state index is 12.4. The van der Waals surface area contributed by atoms with Crippen LogP contribution >= 0.6 is 0 Å². The lowest BCUT2D eigenvalue weighted by molar-refractivity contribution is 0.390.